The van der Waals surface area contributed by atoms with Crippen molar-refractivity contribution in [3.63, 3.8) is 0 Å². The Kier molecular flexibility index (Phi) is 4.43. The molecule has 1 rings (SSSR count). The summed E-state index contributed by atoms with van der Waals surface area (Å²) in [5, 5.41) is 8.39. The SMILES string of the molecule is Cc1ccccc1S(=O)(=O)NC(=O)CCC(=O)O. The summed E-state index contributed by atoms with van der Waals surface area (Å²) < 4.78 is 25.5. The Labute approximate surface area is 105 Å². The van der Waals surface area contributed by atoms with Gasteiger partial charge in [0.25, 0.3) is 10.0 Å². The van der Waals surface area contributed by atoms with Crippen LogP contribution in [0.2, 0.25) is 0 Å². The average Bonchev–Trinajstić information content (AvgIpc) is 2.26. The number of carboxylic acid groups (broad SMARTS) is 1. The Morgan fingerprint density at radius 2 is 1.83 bits per heavy atom. The molecule has 0 bridgehead atoms. The van der Waals surface area contributed by atoms with Gasteiger partial charge in [-0.05, 0) is 18.6 Å². The van der Waals surface area contributed by atoms with E-state index in [9.17, 15) is 18.0 Å². The minimum absolute atomic E-state index is 0.00803. The Hall–Kier alpha value is -1.89. The second kappa shape index (κ2) is 5.63. The van der Waals surface area contributed by atoms with Gasteiger partial charge < -0.3 is 5.11 Å². The van der Waals surface area contributed by atoms with Gasteiger partial charge in [-0.25, -0.2) is 13.1 Å². The summed E-state index contributed by atoms with van der Waals surface area (Å²) in [6, 6.07) is 6.21. The number of hydrogen-bond donors (Lipinski definition) is 2. The van der Waals surface area contributed by atoms with E-state index in [2.05, 4.69) is 0 Å². The molecule has 0 unspecified atom stereocenters. The van der Waals surface area contributed by atoms with Crippen molar-refractivity contribution in [2.45, 2.75) is 24.7 Å². The monoisotopic (exact) mass is 271 g/mol. The first-order valence-electron chi connectivity index (χ1n) is 5.16. The number of carbonyl (C=O) groups excluding carboxylic acids is 1. The van der Waals surface area contributed by atoms with Gasteiger partial charge in [-0.3, -0.25) is 9.59 Å². The molecular weight excluding hydrogens is 258 g/mol. The van der Waals surface area contributed by atoms with E-state index in [1.807, 2.05) is 4.72 Å². The molecule has 0 fully saturated rings. The minimum Gasteiger partial charge on any atom is -0.481 e. The molecule has 0 aliphatic rings. The van der Waals surface area contributed by atoms with Crippen molar-refractivity contribution in [3.05, 3.63) is 29.8 Å². The van der Waals surface area contributed by atoms with Gasteiger partial charge in [0.2, 0.25) is 5.91 Å². The van der Waals surface area contributed by atoms with Crippen molar-refractivity contribution in [2.24, 2.45) is 0 Å². The summed E-state index contributed by atoms with van der Waals surface area (Å²) in [7, 11) is -3.93. The lowest BCUT2D eigenvalue weighted by Crippen LogP contribution is -2.31. The first-order chi connectivity index (χ1) is 8.33. The number of amides is 1. The molecule has 0 saturated carbocycles. The highest BCUT2D eigenvalue weighted by molar-refractivity contribution is 7.90. The number of benzene rings is 1. The van der Waals surface area contributed by atoms with Gasteiger partial charge in [-0.15, -0.1) is 0 Å². The van der Waals surface area contributed by atoms with Gasteiger partial charge in [-0.2, -0.15) is 0 Å². The van der Waals surface area contributed by atoms with Crippen LogP contribution in [0.5, 0.6) is 0 Å². The van der Waals surface area contributed by atoms with Gasteiger partial charge >= 0.3 is 5.97 Å². The number of carboxylic acids is 1. The van der Waals surface area contributed by atoms with Crippen LogP contribution in [-0.2, 0) is 19.6 Å². The van der Waals surface area contributed by atoms with Gasteiger partial charge in [-0.1, -0.05) is 18.2 Å². The second-order valence-electron chi connectivity index (χ2n) is 3.69. The zero-order chi connectivity index (χ0) is 13.8. The number of aryl methyl sites for hydroxylation is 1. The summed E-state index contributed by atoms with van der Waals surface area (Å²) in [5.41, 5.74) is 0.510. The number of sulfonamides is 1. The van der Waals surface area contributed by atoms with E-state index in [0.29, 0.717) is 5.56 Å². The molecule has 0 atom stereocenters. The van der Waals surface area contributed by atoms with Crippen molar-refractivity contribution >= 4 is 21.9 Å². The number of aliphatic carboxylic acids is 1. The summed E-state index contributed by atoms with van der Waals surface area (Å²) in [5.74, 6) is -1.99. The highest BCUT2D eigenvalue weighted by atomic mass is 32.2. The molecule has 1 amide bonds. The zero-order valence-electron chi connectivity index (χ0n) is 9.71. The second-order valence-corrected chi connectivity index (χ2v) is 5.34. The smallest absolute Gasteiger partial charge is 0.303 e. The number of carbonyl (C=O) groups is 2. The molecule has 0 aliphatic carbocycles. The van der Waals surface area contributed by atoms with Crippen LogP contribution in [0.4, 0.5) is 0 Å². The van der Waals surface area contributed by atoms with Crippen LogP contribution in [0.3, 0.4) is 0 Å². The zero-order valence-corrected chi connectivity index (χ0v) is 10.5. The molecule has 0 saturated heterocycles. The maximum atomic E-state index is 11.8. The van der Waals surface area contributed by atoms with E-state index in [1.165, 1.54) is 6.07 Å². The van der Waals surface area contributed by atoms with Crippen LogP contribution in [0.1, 0.15) is 18.4 Å². The fraction of sp³-hybridized carbons (Fsp3) is 0.273. The third-order valence-electron chi connectivity index (χ3n) is 2.20. The Morgan fingerprint density at radius 3 is 2.39 bits per heavy atom. The fourth-order valence-corrected chi connectivity index (χ4v) is 2.60. The molecule has 7 heteroatoms. The van der Waals surface area contributed by atoms with Crippen molar-refractivity contribution in [3.8, 4) is 0 Å². The topological polar surface area (TPSA) is 101 Å². The molecule has 1 aromatic rings. The highest BCUT2D eigenvalue weighted by Crippen LogP contribution is 2.13. The first-order valence-corrected chi connectivity index (χ1v) is 6.64. The Morgan fingerprint density at radius 1 is 1.22 bits per heavy atom. The molecule has 18 heavy (non-hydrogen) atoms. The van der Waals surface area contributed by atoms with Gasteiger partial charge in [0, 0.05) is 6.42 Å². The van der Waals surface area contributed by atoms with Crippen LogP contribution < -0.4 is 4.72 Å². The largest absolute Gasteiger partial charge is 0.481 e. The van der Waals surface area contributed by atoms with E-state index in [1.54, 1.807) is 25.1 Å². The van der Waals surface area contributed by atoms with Gasteiger partial charge in [0.1, 0.15) is 0 Å². The predicted octanol–water partition coefficient (Wildman–Crippen LogP) is 0.665. The molecule has 98 valence electrons. The molecule has 0 heterocycles. The third kappa shape index (κ3) is 3.85. The number of rotatable bonds is 5. The molecule has 1 aromatic carbocycles. The predicted molar refractivity (Wildman–Crippen MR) is 63.4 cm³/mol. The number of nitrogens with one attached hydrogen (secondary N) is 1. The van der Waals surface area contributed by atoms with Crippen molar-refractivity contribution < 1.29 is 23.1 Å². The lowest BCUT2D eigenvalue weighted by molar-refractivity contribution is -0.138. The lowest BCUT2D eigenvalue weighted by Gasteiger charge is -2.08. The normalized spacial score (nSPS) is 10.9. The van der Waals surface area contributed by atoms with Crippen molar-refractivity contribution in [1.29, 1.82) is 0 Å². The molecule has 0 aromatic heterocycles. The van der Waals surface area contributed by atoms with Crippen molar-refractivity contribution in [1.82, 2.24) is 4.72 Å². The van der Waals surface area contributed by atoms with E-state index < -0.39 is 28.3 Å². The van der Waals surface area contributed by atoms with Crippen LogP contribution >= 0.6 is 0 Å². The van der Waals surface area contributed by atoms with E-state index >= 15 is 0 Å². The van der Waals surface area contributed by atoms with E-state index in [4.69, 9.17) is 5.11 Å². The van der Waals surface area contributed by atoms with Gasteiger partial charge in [0.05, 0.1) is 11.3 Å². The highest BCUT2D eigenvalue weighted by Gasteiger charge is 2.19. The molecule has 0 aliphatic heterocycles. The lowest BCUT2D eigenvalue weighted by atomic mass is 10.2. The standard InChI is InChI=1S/C11H13NO5S/c1-8-4-2-3-5-9(8)18(16,17)12-10(13)6-7-11(14)15/h2-5H,6-7H2,1H3,(H,12,13)(H,14,15). The summed E-state index contributed by atoms with van der Waals surface area (Å²) in [4.78, 5) is 21.6. The van der Waals surface area contributed by atoms with Crippen LogP contribution in [-0.4, -0.2) is 25.4 Å². The summed E-state index contributed by atoms with van der Waals surface area (Å²) in [6.07, 6.45) is -0.782. The Bertz CT molecular complexity index is 565. The maximum absolute atomic E-state index is 11.8. The van der Waals surface area contributed by atoms with Crippen LogP contribution in [0.15, 0.2) is 29.2 Å². The van der Waals surface area contributed by atoms with E-state index in [0.717, 1.165) is 0 Å². The van der Waals surface area contributed by atoms with Crippen molar-refractivity contribution in [2.75, 3.05) is 0 Å². The quantitative estimate of drug-likeness (QED) is 0.819. The number of hydrogen-bond acceptors (Lipinski definition) is 4. The fourth-order valence-electron chi connectivity index (χ4n) is 1.33. The molecular formula is C11H13NO5S. The maximum Gasteiger partial charge on any atom is 0.303 e. The van der Waals surface area contributed by atoms with E-state index in [-0.39, 0.29) is 11.3 Å². The minimum atomic E-state index is -3.93. The van der Waals surface area contributed by atoms with Crippen LogP contribution in [0.25, 0.3) is 0 Å². The summed E-state index contributed by atoms with van der Waals surface area (Å²) in [6.45, 7) is 1.61. The average molecular weight is 271 g/mol. The molecule has 6 nitrogen and oxygen atoms in total. The van der Waals surface area contributed by atoms with Crippen LogP contribution in [0, 0.1) is 6.92 Å². The van der Waals surface area contributed by atoms with Gasteiger partial charge in [0.15, 0.2) is 0 Å². The molecule has 0 radical (unpaired) electrons. The Balaban J connectivity index is 2.80. The molecule has 0 spiro atoms. The summed E-state index contributed by atoms with van der Waals surface area (Å²) >= 11 is 0. The first kappa shape index (κ1) is 14.2. The third-order valence-corrected chi connectivity index (χ3v) is 3.73. The molecule has 2 N–H and O–H groups in total.